The molecule has 4 heteroatoms. The third-order valence-electron chi connectivity index (χ3n) is 4.53. The van der Waals surface area contributed by atoms with Gasteiger partial charge in [0.05, 0.1) is 6.42 Å². The molecule has 0 bridgehead atoms. The quantitative estimate of drug-likeness (QED) is 0.824. The number of carbonyl (C=O) groups is 1. The largest absolute Gasteiger partial charge is 0.367 e. The molecule has 0 aliphatic carbocycles. The van der Waals surface area contributed by atoms with E-state index in [9.17, 15) is 4.79 Å². The van der Waals surface area contributed by atoms with Crippen LogP contribution in [0.25, 0.3) is 0 Å². The van der Waals surface area contributed by atoms with Crippen LogP contribution in [-0.4, -0.2) is 42.0 Å². The van der Waals surface area contributed by atoms with Crippen molar-refractivity contribution in [2.75, 3.05) is 26.2 Å². The Morgan fingerprint density at radius 1 is 1.33 bits per heavy atom. The highest BCUT2D eigenvalue weighted by atomic mass is 16.2. The van der Waals surface area contributed by atoms with Crippen LogP contribution in [0.15, 0.2) is 18.5 Å². The molecule has 0 unspecified atom stereocenters. The third kappa shape index (κ3) is 2.29. The predicted octanol–water partition coefficient (Wildman–Crippen LogP) is 1.16. The van der Waals surface area contributed by atoms with Gasteiger partial charge in [0, 0.05) is 32.0 Å². The summed E-state index contributed by atoms with van der Waals surface area (Å²) in [6, 6.07) is 1.98. The lowest BCUT2D eigenvalue weighted by Crippen LogP contribution is -2.44. The van der Waals surface area contributed by atoms with Crippen LogP contribution in [0.5, 0.6) is 0 Å². The van der Waals surface area contributed by atoms with Crippen LogP contribution in [0.4, 0.5) is 0 Å². The molecule has 1 amide bonds. The first-order valence-electron chi connectivity index (χ1n) is 6.88. The Kier molecular flexibility index (Phi) is 3.12. The molecule has 1 spiro atoms. The smallest absolute Gasteiger partial charge is 0.227 e. The highest BCUT2D eigenvalue weighted by Gasteiger charge is 2.37. The fourth-order valence-corrected chi connectivity index (χ4v) is 3.21. The van der Waals surface area contributed by atoms with Crippen LogP contribution in [0.3, 0.4) is 0 Å². The van der Waals surface area contributed by atoms with Crippen LogP contribution in [0.1, 0.15) is 24.8 Å². The summed E-state index contributed by atoms with van der Waals surface area (Å²) in [7, 11) is 0. The summed E-state index contributed by atoms with van der Waals surface area (Å²) in [4.78, 5) is 17.2. The van der Waals surface area contributed by atoms with E-state index in [1.165, 1.54) is 19.3 Å². The summed E-state index contributed by atoms with van der Waals surface area (Å²) in [6.45, 7) is 4.17. The maximum Gasteiger partial charge on any atom is 0.227 e. The summed E-state index contributed by atoms with van der Waals surface area (Å²) < 4.78 is 0. The van der Waals surface area contributed by atoms with Gasteiger partial charge in [-0.15, -0.1) is 0 Å². The van der Waals surface area contributed by atoms with Crippen LogP contribution >= 0.6 is 0 Å². The number of aromatic nitrogens is 1. The number of rotatable bonds is 2. The number of hydrogen-bond acceptors (Lipinski definition) is 2. The first kappa shape index (κ1) is 11.8. The third-order valence-corrected chi connectivity index (χ3v) is 4.53. The summed E-state index contributed by atoms with van der Waals surface area (Å²) in [5.74, 6) is 0.274. The van der Waals surface area contributed by atoms with Gasteiger partial charge in [-0.05, 0) is 42.9 Å². The lowest BCUT2D eigenvalue weighted by Gasteiger charge is -2.38. The summed E-state index contributed by atoms with van der Waals surface area (Å²) >= 11 is 0. The fourth-order valence-electron chi connectivity index (χ4n) is 3.21. The highest BCUT2D eigenvalue weighted by Crippen LogP contribution is 2.36. The number of nitrogens with one attached hydrogen (secondary N) is 2. The number of nitrogens with zero attached hydrogens (tertiary/aromatic N) is 1. The highest BCUT2D eigenvalue weighted by molar-refractivity contribution is 5.78. The number of H-pyrrole nitrogens is 1. The van der Waals surface area contributed by atoms with Crippen molar-refractivity contribution < 1.29 is 4.79 Å². The Hall–Kier alpha value is -1.29. The molecule has 0 radical (unpaired) electrons. The number of aromatic amines is 1. The summed E-state index contributed by atoms with van der Waals surface area (Å²) in [6.07, 6.45) is 7.93. The predicted molar refractivity (Wildman–Crippen MR) is 70.2 cm³/mol. The molecule has 3 rings (SSSR count). The maximum atomic E-state index is 12.2. The first-order chi connectivity index (χ1) is 8.77. The molecule has 0 atom stereocenters. The normalized spacial score (nSPS) is 22.6. The Labute approximate surface area is 108 Å². The van der Waals surface area contributed by atoms with Crippen molar-refractivity contribution in [3.8, 4) is 0 Å². The van der Waals surface area contributed by atoms with Crippen molar-refractivity contribution >= 4 is 5.91 Å². The molecule has 1 aromatic heterocycles. The van der Waals surface area contributed by atoms with Gasteiger partial charge in [-0.2, -0.15) is 0 Å². The van der Waals surface area contributed by atoms with Gasteiger partial charge in [-0.1, -0.05) is 0 Å². The van der Waals surface area contributed by atoms with Gasteiger partial charge >= 0.3 is 0 Å². The Morgan fingerprint density at radius 3 is 2.78 bits per heavy atom. The first-order valence-corrected chi connectivity index (χ1v) is 6.88. The van der Waals surface area contributed by atoms with E-state index in [-0.39, 0.29) is 5.91 Å². The molecular weight excluding hydrogens is 226 g/mol. The van der Waals surface area contributed by atoms with E-state index in [1.54, 1.807) is 0 Å². The molecule has 4 nitrogen and oxygen atoms in total. The molecule has 2 N–H and O–H groups in total. The molecule has 2 aliphatic rings. The average molecular weight is 247 g/mol. The zero-order chi connectivity index (χ0) is 12.4. The molecule has 98 valence electrons. The van der Waals surface area contributed by atoms with Gasteiger partial charge in [0.15, 0.2) is 0 Å². The maximum absolute atomic E-state index is 12.2. The molecule has 2 fully saturated rings. The number of likely N-dealkylation sites (tertiary alicyclic amines) is 1. The second-order valence-corrected chi connectivity index (χ2v) is 5.70. The Balaban J connectivity index is 1.54. The monoisotopic (exact) mass is 247 g/mol. The minimum absolute atomic E-state index is 0.274. The van der Waals surface area contributed by atoms with E-state index in [1.807, 2.05) is 23.4 Å². The van der Waals surface area contributed by atoms with Crippen LogP contribution in [-0.2, 0) is 11.2 Å². The van der Waals surface area contributed by atoms with Gasteiger partial charge in [0.1, 0.15) is 0 Å². The summed E-state index contributed by atoms with van der Waals surface area (Å²) in [5.41, 5.74) is 1.58. The zero-order valence-electron chi connectivity index (χ0n) is 10.7. The van der Waals surface area contributed by atoms with E-state index >= 15 is 0 Å². The number of carbonyl (C=O) groups excluding carboxylic acids is 1. The zero-order valence-corrected chi connectivity index (χ0v) is 10.7. The molecule has 0 saturated carbocycles. The topological polar surface area (TPSA) is 48.1 Å². The van der Waals surface area contributed by atoms with Gasteiger partial charge < -0.3 is 15.2 Å². The fraction of sp³-hybridized carbons (Fsp3) is 0.643. The van der Waals surface area contributed by atoms with E-state index in [4.69, 9.17) is 0 Å². The van der Waals surface area contributed by atoms with Crippen molar-refractivity contribution in [1.82, 2.24) is 15.2 Å². The van der Waals surface area contributed by atoms with Gasteiger partial charge in [0.2, 0.25) is 5.91 Å². The number of piperidine rings is 1. The van der Waals surface area contributed by atoms with E-state index in [0.29, 0.717) is 11.8 Å². The van der Waals surface area contributed by atoms with E-state index in [0.717, 1.165) is 31.7 Å². The lowest BCUT2D eigenvalue weighted by molar-refractivity contribution is -0.132. The van der Waals surface area contributed by atoms with E-state index in [2.05, 4.69) is 10.3 Å². The summed E-state index contributed by atoms with van der Waals surface area (Å²) in [5, 5.41) is 3.46. The molecule has 18 heavy (non-hydrogen) atoms. The Morgan fingerprint density at radius 2 is 2.17 bits per heavy atom. The van der Waals surface area contributed by atoms with Crippen LogP contribution in [0, 0.1) is 5.41 Å². The molecular formula is C14H21N3O. The van der Waals surface area contributed by atoms with Crippen molar-refractivity contribution in [2.45, 2.75) is 25.7 Å². The minimum Gasteiger partial charge on any atom is -0.367 e. The molecule has 2 aliphatic heterocycles. The number of hydrogen-bond donors (Lipinski definition) is 2. The van der Waals surface area contributed by atoms with Crippen molar-refractivity contribution in [2.24, 2.45) is 5.41 Å². The van der Waals surface area contributed by atoms with Gasteiger partial charge in [-0.3, -0.25) is 4.79 Å². The lowest BCUT2D eigenvalue weighted by atomic mass is 9.78. The second kappa shape index (κ2) is 4.76. The van der Waals surface area contributed by atoms with Crippen LogP contribution in [0.2, 0.25) is 0 Å². The molecule has 0 aromatic carbocycles. The van der Waals surface area contributed by atoms with Crippen molar-refractivity contribution in [3.05, 3.63) is 24.0 Å². The van der Waals surface area contributed by atoms with Gasteiger partial charge in [-0.25, -0.2) is 0 Å². The van der Waals surface area contributed by atoms with Crippen molar-refractivity contribution in [3.63, 3.8) is 0 Å². The number of amides is 1. The molecule has 1 aromatic rings. The molecule has 2 saturated heterocycles. The van der Waals surface area contributed by atoms with Gasteiger partial charge in [0.25, 0.3) is 0 Å². The van der Waals surface area contributed by atoms with E-state index < -0.39 is 0 Å². The Bertz CT molecular complexity index is 397. The van der Waals surface area contributed by atoms with Crippen LogP contribution < -0.4 is 5.32 Å². The molecule has 3 heterocycles. The second-order valence-electron chi connectivity index (χ2n) is 5.70. The average Bonchev–Trinajstić information content (AvgIpc) is 3.03. The SMILES string of the molecule is O=C(Cc1cc[nH]c1)N1CCC2(CCNC2)CC1. The standard InChI is InChI=1S/C14H21N3O/c18-13(9-12-1-5-15-10-12)17-7-3-14(4-8-17)2-6-16-11-14/h1,5,10,15-16H,2-4,6-9,11H2. The minimum atomic E-state index is 0.274. The van der Waals surface area contributed by atoms with Crippen molar-refractivity contribution in [1.29, 1.82) is 0 Å².